The summed E-state index contributed by atoms with van der Waals surface area (Å²) in [4.78, 5) is 19.0. The zero-order valence-electron chi connectivity index (χ0n) is 16.1. The molecule has 0 saturated carbocycles. The standard InChI is InChI=1S/C23H23F2N3O/c24-19-1-4-21(5-2-19)27-23(29)12-16-7-9-28(10-8-16)15-17-11-18-13-20(25)3-6-22(18)26-14-17/h1-6,11,13-14,16H,7-10,12,15H2,(H,27,29). The Labute approximate surface area is 168 Å². The van der Waals surface area contributed by atoms with Crippen LogP contribution in [0, 0.1) is 17.6 Å². The molecule has 0 spiro atoms. The van der Waals surface area contributed by atoms with Crippen LogP contribution in [-0.4, -0.2) is 28.9 Å². The average molecular weight is 395 g/mol. The molecule has 3 aromatic rings. The molecule has 0 radical (unpaired) electrons. The maximum atomic E-state index is 13.4. The Bertz CT molecular complexity index is 999. The lowest BCUT2D eigenvalue weighted by molar-refractivity contribution is -0.117. The van der Waals surface area contributed by atoms with Crippen molar-refractivity contribution in [3.63, 3.8) is 0 Å². The topological polar surface area (TPSA) is 45.2 Å². The SMILES string of the molecule is O=C(CC1CCN(Cc2cnc3ccc(F)cc3c2)CC1)Nc1ccc(F)cc1. The van der Waals surface area contributed by atoms with Crippen molar-refractivity contribution < 1.29 is 13.6 Å². The van der Waals surface area contributed by atoms with Crippen LogP contribution in [0.5, 0.6) is 0 Å². The van der Waals surface area contributed by atoms with Gasteiger partial charge in [0.15, 0.2) is 0 Å². The van der Waals surface area contributed by atoms with E-state index in [9.17, 15) is 13.6 Å². The van der Waals surface area contributed by atoms with E-state index >= 15 is 0 Å². The molecule has 0 unspecified atom stereocenters. The van der Waals surface area contributed by atoms with Crippen molar-refractivity contribution >= 4 is 22.5 Å². The summed E-state index contributed by atoms with van der Waals surface area (Å²) in [5, 5.41) is 3.65. The number of halogens is 2. The van der Waals surface area contributed by atoms with Gasteiger partial charge < -0.3 is 5.32 Å². The van der Waals surface area contributed by atoms with Crippen LogP contribution in [0.1, 0.15) is 24.8 Å². The fraction of sp³-hybridized carbons (Fsp3) is 0.304. The molecule has 2 heterocycles. The zero-order chi connectivity index (χ0) is 20.2. The second-order valence-corrected chi connectivity index (χ2v) is 7.66. The molecular formula is C23H23F2N3O. The largest absolute Gasteiger partial charge is 0.326 e. The van der Waals surface area contributed by atoms with Gasteiger partial charge in [-0.1, -0.05) is 0 Å². The smallest absolute Gasteiger partial charge is 0.224 e. The third kappa shape index (κ3) is 5.15. The Morgan fingerprint density at radius 3 is 2.52 bits per heavy atom. The van der Waals surface area contributed by atoms with E-state index in [4.69, 9.17) is 0 Å². The molecule has 1 N–H and O–H groups in total. The Balaban J connectivity index is 1.27. The third-order valence-electron chi connectivity index (χ3n) is 5.42. The maximum Gasteiger partial charge on any atom is 0.224 e. The van der Waals surface area contributed by atoms with Crippen LogP contribution < -0.4 is 5.32 Å². The van der Waals surface area contributed by atoms with E-state index in [-0.39, 0.29) is 17.5 Å². The van der Waals surface area contributed by atoms with Gasteiger partial charge in [0.1, 0.15) is 11.6 Å². The van der Waals surface area contributed by atoms with E-state index in [1.54, 1.807) is 18.2 Å². The van der Waals surface area contributed by atoms with Gasteiger partial charge in [0.25, 0.3) is 0 Å². The number of rotatable bonds is 5. The van der Waals surface area contributed by atoms with Crippen LogP contribution in [0.25, 0.3) is 10.9 Å². The molecule has 1 amide bonds. The second kappa shape index (κ2) is 8.66. The molecule has 4 rings (SSSR count). The molecule has 6 heteroatoms. The average Bonchev–Trinajstić information content (AvgIpc) is 2.71. The summed E-state index contributed by atoms with van der Waals surface area (Å²) in [6.07, 6.45) is 4.23. The Morgan fingerprint density at radius 1 is 1.03 bits per heavy atom. The van der Waals surface area contributed by atoms with E-state index in [2.05, 4.69) is 15.2 Å². The van der Waals surface area contributed by atoms with Crippen LogP contribution >= 0.6 is 0 Å². The molecule has 1 aliphatic heterocycles. The fourth-order valence-electron chi connectivity index (χ4n) is 3.85. The van der Waals surface area contributed by atoms with E-state index in [0.717, 1.165) is 48.9 Å². The molecule has 0 bridgehead atoms. The molecule has 150 valence electrons. The predicted molar refractivity (Wildman–Crippen MR) is 109 cm³/mol. The number of carbonyl (C=O) groups excluding carboxylic acids is 1. The minimum Gasteiger partial charge on any atom is -0.326 e. The van der Waals surface area contributed by atoms with Crippen molar-refractivity contribution in [3.05, 3.63) is 71.9 Å². The van der Waals surface area contributed by atoms with Crippen molar-refractivity contribution in [2.75, 3.05) is 18.4 Å². The number of aromatic nitrogens is 1. The van der Waals surface area contributed by atoms with Gasteiger partial charge in [0.05, 0.1) is 5.52 Å². The summed E-state index contributed by atoms with van der Waals surface area (Å²) in [7, 11) is 0. The maximum absolute atomic E-state index is 13.4. The van der Waals surface area contributed by atoms with Crippen molar-refractivity contribution in [2.45, 2.75) is 25.8 Å². The highest BCUT2D eigenvalue weighted by atomic mass is 19.1. The van der Waals surface area contributed by atoms with Gasteiger partial charge in [0, 0.05) is 30.2 Å². The second-order valence-electron chi connectivity index (χ2n) is 7.66. The fourth-order valence-corrected chi connectivity index (χ4v) is 3.85. The number of carbonyl (C=O) groups is 1. The number of anilines is 1. The number of benzene rings is 2. The molecule has 1 aliphatic rings. The minimum absolute atomic E-state index is 0.0317. The lowest BCUT2D eigenvalue weighted by Gasteiger charge is -2.31. The molecule has 1 aromatic heterocycles. The van der Waals surface area contributed by atoms with Crippen LogP contribution in [0.4, 0.5) is 14.5 Å². The van der Waals surface area contributed by atoms with Crippen LogP contribution in [0.15, 0.2) is 54.7 Å². The highest BCUT2D eigenvalue weighted by Crippen LogP contribution is 2.23. The number of hydrogen-bond acceptors (Lipinski definition) is 3. The van der Waals surface area contributed by atoms with E-state index in [1.807, 2.05) is 12.3 Å². The summed E-state index contributed by atoms with van der Waals surface area (Å²) in [5.41, 5.74) is 2.48. The van der Waals surface area contributed by atoms with Gasteiger partial charge in [-0.2, -0.15) is 0 Å². The van der Waals surface area contributed by atoms with Gasteiger partial charge in [-0.3, -0.25) is 14.7 Å². The summed E-state index contributed by atoms with van der Waals surface area (Å²) in [5.74, 6) is -0.260. The van der Waals surface area contributed by atoms with Gasteiger partial charge >= 0.3 is 0 Å². The molecule has 4 nitrogen and oxygen atoms in total. The number of nitrogens with zero attached hydrogens (tertiary/aromatic N) is 2. The van der Waals surface area contributed by atoms with Crippen LogP contribution in [-0.2, 0) is 11.3 Å². The number of likely N-dealkylation sites (tertiary alicyclic amines) is 1. The first kappa shape index (κ1) is 19.5. The van der Waals surface area contributed by atoms with Gasteiger partial charge in [-0.15, -0.1) is 0 Å². The molecule has 29 heavy (non-hydrogen) atoms. The molecule has 1 fully saturated rings. The summed E-state index contributed by atoms with van der Waals surface area (Å²) in [6, 6.07) is 12.4. The summed E-state index contributed by atoms with van der Waals surface area (Å²) < 4.78 is 26.4. The number of fused-ring (bicyclic) bond motifs is 1. The molecular weight excluding hydrogens is 372 g/mol. The Morgan fingerprint density at radius 2 is 1.76 bits per heavy atom. The number of hydrogen-bond donors (Lipinski definition) is 1. The Kier molecular flexibility index (Phi) is 5.81. The van der Waals surface area contributed by atoms with Crippen molar-refractivity contribution in [1.29, 1.82) is 0 Å². The predicted octanol–water partition coefficient (Wildman–Crippen LogP) is 4.75. The summed E-state index contributed by atoms with van der Waals surface area (Å²) >= 11 is 0. The van der Waals surface area contributed by atoms with Crippen LogP contribution in [0.2, 0.25) is 0 Å². The summed E-state index contributed by atoms with van der Waals surface area (Å²) in [6.45, 7) is 2.60. The van der Waals surface area contributed by atoms with Crippen LogP contribution in [0.3, 0.4) is 0 Å². The first-order valence-electron chi connectivity index (χ1n) is 9.87. The van der Waals surface area contributed by atoms with Crippen molar-refractivity contribution in [3.8, 4) is 0 Å². The lowest BCUT2D eigenvalue weighted by Crippen LogP contribution is -2.34. The van der Waals surface area contributed by atoms with E-state index < -0.39 is 0 Å². The first-order valence-corrected chi connectivity index (χ1v) is 9.87. The van der Waals surface area contributed by atoms with Gasteiger partial charge in [-0.25, -0.2) is 8.78 Å². The lowest BCUT2D eigenvalue weighted by atomic mass is 9.93. The van der Waals surface area contributed by atoms with Crippen molar-refractivity contribution in [1.82, 2.24) is 9.88 Å². The molecule has 0 aliphatic carbocycles. The quantitative estimate of drug-likeness (QED) is 0.678. The Hall–Kier alpha value is -2.86. The normalized spacial score (nSPS) is 15.5. The van der Waals surface area contributed by atoms with Crippen molar-refractivity contribution in [2.24, 2.45) is 5.92 Å². The molecule has 1 saturated heterocycles. The molecule has 2 aromatic carbocycles. The monoisotopic (exact) mass is 395 g/mol. The van der Waals surface area contributed by atoms with Gasteiger partial charge in [0.2, 0.25) is 5.91 Å². The third-order valence-corrected chi connectivity index (χ3v) is 5.42. The number of pyridine rings is 1. The zero-order valence-corrected chi connectivity index (χ0v) is 16.1. The van der Waals surface area contributed by atoms with Gasteiger partial charge in [-0.05, 0) is 85.9 Å². The highest BCUT2D eigenvalue weighted by molar-refractivity contribution is 5.90. The highest BCUT2D eigenvalue weighted by Gasteiger charge is 2.21. The minimum atomic E-state index is -0.317. The molecule has 0 atom stereocenters. The number of piperidine rings is 1. The van der Waals surface area contributed by atoms with E-state index in [1.165, 1.54) is 24.3 Å². The van der Waals surface area contributed by atoms with E-state index in [0.29, 0.717) is 18.0 Å². The first-order chi connectivity index (χ1) is 14.0. The number of nitrogens with one attached hydrogen (secondary N) is 1. The number of amides is 1.